The summed E-state index contributed by atoms with van der Waals surface area (Å²) in [4.78, 5) is 24.2. The normalized spacial score (nSPS) is 11.6. The highest BCUT2D eigenvalue weighted by atomic mass is 35.5. The summed E-state index contributed by atoms with van der Waals surface area (Å²) in [6.07, 6.45) is 1.28. The fraction of sp³-hybridized carbons (Fsp3) is 0.312. The van der Waals surface area contributed by atoms with Crippen molar-refractivity contribution in [2.45, 2.75) is 17.9 Å². The van der Waals surface area contributed by atoms with Crippen molar-refractivity contribution in [3.8, 4) is 0 Å². The second kappa shape index (κ2) is 9.01. The van der Waals surface area contributed by atoms with E-state index in [1.165, 1.54) is 32.3 Å². The van der Waals surface area contributed by atoms with E-state index in [9.17, 15) is 18.0 Å². The molecule has 0 spiro atoms. The van der Waals surface area contributed by atoms with Crippen LogP contribution in [0.25, 0.3) is 0 Å². The first kappa shape index (κ1) is 22.3. The SMILES string of the molecule is CN(C)S(=O)(=O)c1cc(NC(=O)Cn2ncc(Cl)c(Cl)c2=O)ccc1CCO. The molecule has 0 aliphatic rings. The van der Waals surface area contributed by atoms with Crippen LogP contribution in [-0.4, -0.2) is 54.2 Å². The highest BCUT2D eigenvalue weighted by Gasteiger charge is 2.22. The first-order chi connectivity index (χ1) is 13.1. The van der Waals surface area contributed by atoms with Gasteiger partial charge in [-0.3, -0.25) is 9.59 Å². The van der Waals surface area contributed by atoms with Crippen LogP contribution >= 0.6 is 23.2 Å². The van der Waals surface area contributed by atoms with Crippen molar-refractivity contribution in [1.82, 2.24) is 14.1 Å². The zero-order chi connectivity index (χ0) is 21.1. The fourth-order valence-corrected chi connectivity index (χ4v) is 3.73. The molecule has 0 fully saturated rings. The van der Waals surface area contributed by atoms with Gasteiger partial charge in [-0.15, -0.1) is 0 Å². The largest absolute Gasteiger partial charge is 0.396 e. The summed E-state index contributed by atoms with van der Waals surface area (Å²) in [5.74, 6) is -0.615. The number of sulfonamides is 1. The van der Waals surface area contributed by atoms with Gasteiger partial charge in [0.2, 0.25) is 15.9 Å². The number of hydrogen-bond donors (Lipinski definition) is 2. The van der Waals surface area contributed by atoms with Crippen LogP contribution in [0.1, 0.15) is 5.56 Å². The number of aliphatic hydroxyl groups is 1. The van der Waals surface area contributed by atoms with Gasteiger partial charge in [0.1, 0.15) is 11.6 Å². The third-order valence-corrected chi connectivity index (χ3v) is 6.37. The lowest BCUT2D eigenvalue weighted by Crippen LogP contribution is -2.30. The second-order valence-electron chi connectivity index (χ2n) is 5.90. The first-order valence-corrected chi connectivity index (χ1v) is 10.1. The summed E-state index contributed by atoms with van der Waals surface area (Å²) in [5, 5.41) is 15.1. The van der Waals surface area contributed by atoms with Crippen molar-refractivity contribution in [1.29, 1.82) is 0 Å². The maximum atomic E-state index is 12.5. The average Bonchev–Trinajstić information content (AvgIpc) is 2.63. The molecule has 0 saturated heterocycles. The molecule has 1 heterocycles. The minimum atomic E-state index is -3.79. The number of nitrogens with one attached hydrogen (secondary N) is 1. The minimum absolute atomic E-state index is 0.0265. The van der Waals surface area contributed by atoms with Crippen LogP contribution in [-0.2, 0) is 27.8 Å². The number of carbonyl (C=O) groups excluding carboxylic acids is 1. The molecule has 0 atom stereocenters. The predicted molar refractivity (Wildman–Crippen MR) is 105 cm³/mol. The number of carbonyl (C=O) groups is 1. The van der Waals surface area contributed by atoms with Gasteiger partial charge in [0.15, 0.2) is 0 Å². The smallest absolute Gasteiger partial charge is 0.287 e. The molecule has 0 unspecified atom stereocenters. The van der Waals surface area contributed by atoms with E-state index < -0.39 is 28.0 Å². The number of nitrogens with zero attached hydrogens (tertiary/aromatic N) is 3. The zero-order valence-electron chi connectivity index (χ0n) is 15.0. The van der Waals surface area contributed by atoms with Crippen LogP contribution in [0.5, 0.6) is 0 Å². The Hall–Kier alpha value is -1.98. The maximum absolute atomic E-state index is 12.5. The first-order valence-electron chi connectivity index (χ1n) is 7.95. The van der Waals surface area contributed by atoms with E-state index in [1.807, 2.05) is 0 Å². The van der Waals surface area contributed by atoms with E-state index in [0.29, 0.717) is 5.56 Å². The molecule has 152 valence electrons. The van der Waals surface area contributed by atoms with Crippen LogP contribution in [0, 0.1) is 0 Å². The molecule has 2 N–H and O–H groups in total. The fourth-order valence-electron chi connectivity index (χ4n) is 2.29. The number of hydrogen-bond acceptors (Lipinski definition) is 6. The molecule has 0 aliphatic heterocycles. The van der Waals surface area contributed by atoms with E-state index in [2.05, 4.69) is 10.4 Å². The third-order valence-electron chi connectivity index (χ3n) is 3.73. The molecule has 0 saturated carbocycles. The summed E-state index contributed by atoms with van der Waals surface area (Å²) in [6.45, 7) is -0.669. The van der Waals surface area contributed by atoms with E-state index in [1.54, 1.807) is 0 Å². The molecule has 9 nitrogen and oxygen atoms in total. The topological polar surface area (TPSA) is 122 Å². The number of halogens is 2. The van der Waals surface area contributed by atoms with Crippen molar-refractivity contribution in [2.75, 3.05) is 26.0 Å². The van der Waals surface area contributed by atoms with E-state index in [-0.39, 0.29) is 33.7 Å². The lowest BCUT2D eigenvalue weighted by atomic mass is 10.1. The molecule has 2 aromatic rings. The number of anilines is 1. The van der Waals surface area contributed by atoms with E-state index in [0.717, 1.165) is 15.2 Å². The van der Waals surface area contributed by atoms with E-state index >= 15 is 0 Å². The lowest BCUT2D eigenvalue weighted by Gasteiger charge is -2.16. The highest BCUT2D eigenvalue weighted by molar-refractivity contribution is 7.89. The Balaban J connectivity index is 2.30. The van der Waals surface area contributed by atoms with Crippen molar-refractivity contribution in [3.05, 3.63) is 50.4 Å². The molecule has 1 aromatic heterocycles. The predicted octanol–water partition coefficient (Wildman–Crippen LogP) is 0.974. The van der Waals surface area contributed by atoms with Crippen LogP contribution in [0.3, 0.4) is 0 Å². The van der Waals surface area contributed by atoms with Crippen LogP contribution < -0.4 is 10.9 Å². The molecule has 2 rings (SSSR count). The van der Waals surface area contributed by atoms with Crippen molar-refractivity contribution in [3.63, 3.8) is 0 Å². The van der Waals surface area contributed by atoms with Gasteiger partial charge in [0, 0.05) is 26.4 Å². The summed E-state index contributed by atoms with van der Waals surface area (Å²) < 4.78 is 26.9. The molecule has 1 aromatic carbocycles. The van der Waals surface area contributed by atoms with Gasteiger partial charge in [-0.05, 0) is 24.1 Å². The van der Waals surface area contributed by atoms with Crippen molar-refractivity contribution >= 4 is 44.8 Å². The summed E-state index contributed by atoms with van der Waals surface area (Å²) in [5.41, 5.74) is -0.102. The van der Waals surface area contributed by atoms with Crippen LogP contribution in [0.2, 0.25) is 10.0 Å². The Morgan fingerprint density at radius 3 is 2.61 bits per heavy atom. The number of aromatic nitrogens is 2. The molecule has 28 heavy (non-hydrogen) atoms. The monoisotopic (exact) mass is 448 g/mol. The van der Waals surface area contributed by atoms with Crippen LogP contribution in [0.4, 0.5) is 5.69 Å². The van der Waals surface area contributed by atoms with Crippen molar-refractivity contribution < 1.29 is 18.3 Å². The van der Waals surface area contributed by atoms with Gasteiger partial charge >= 0.3 is 0 Å². The Kier molecular flexibility index (Phi) is 7.18. The third kappa shape index (κ3) is 4.89. The van der Waals surface area contributed by atoms with Gasteiger partial charge < -0.3 is 10.4 Å². The van der Waals surface area contributed by atoms with Gasteiger partial charge in [0.05, 0.1) is 16.1 Å². The highest BCUT2D eigenvalue weighted by Crippen LogP contribution is 2.23. The molecule has 12 heteroatoms. The Morgan fingerprint density at radius 1 is 1.32 bits per heavy atom. The average molecular weight is 449 g/mol. The number of amides is 1. The molecule has 0 radical (unpaired) electrons. The van der Waals surface area contributed by atoms with E-state index in [4.69, 9.17) is 28.3 Å². The minimum Gasteiger partial charge on any atom is -0.396 e. The Bertz CT molecular complexity index is 1050. The van der Waals surface area contributed by atoms with Crippen molar-refractivity contribution in [2.24, 2.45) is 0 Å². The zero-order valence-corrected chi connectivity index (χ0v) is 17.3. The standard InChI is InChI=1S/C16H18Cl2N4O5S/c1-21(2)28(26,27)13-7-11(4-3-10(13)5-6-23)20-14(24)9-22-16(25)15(18)12(17)8-19-22/h3-4,7-8,23H,5-6,9H2,1-2H3,(H,20,24). The molecular formula is C16H18Cl2N4O5S. The molecular weight excluding hydrogens is 431 g/mol. The molecule has 1 amide bonds. The number of benzene rings is 1. The van der Waals surface area contributed by atoms with Gasteiger partial charge in [0.25, 0.3) is 5.56 Å². The lowest BCUT2D eigenvalue weighted by molar-refractivity contribution is -0.117. The number of rotatable bonds is 7. The van der Waals surface area contributed by atoms with Crippen LogP contribution in [0.15, 0.2) is 34.1 Å². The van der Waals surface area contributed by atoms with Gasteiger partial charge in [-0.25, -0.2) is 17.4 Å². The maximum Gasteiger partial charge on any atom is 0.287 e. The Morgan fingerprint density at radius 2 is 2.00 bits per heavy atom. The summed E-state index contributed by atoms with van der Waals surface area (Å²) in [6, 6.07) is 4.30. The number of aliphatic hydroxyl groups excluding tert-OH is 1. The molecule has 0 bridgehead atoms. The second-order valence-corrected chi connectivity index (χ2v) is 8.81. The van der Waals surface area contributed by atoms with Gasteiger partial charge in [-0.2, -0.15) is 5.10 Å². The quantitative estimate of drug-likeness (QED) is 0.650. The Labute approximate surface area is 171 Å². The van der Waals surface area contributed by atoms with Gasteiger partial charge in [-0.1, -0.05) is 29.3 Å². The summed E-state index contributed by atoms with van der Waals surface area (Å²) in [7, 11) is -1.03. The summed E-state index contributed by atoms with van der Waals surface area (Å²) >= 11 is 11.4. The molecule has 0 aliphatic carbocycles.